The predicted octanol–water partition coefficient (Wildman–Crippen LogP) is 1.64. The Balaban J connectivity index is 1.53. The minimum absolute atomic E-state index is 0.107. The van der Waals surface area contributed by atoms with Crippen molar-refractivity contribution >= 4 is 5.71 Å². The Morgan fingerprint density at radius 1 is 1.18 bits per heavy atom. The standard InChI is InChI=1S/C12H13N5/c1-8-2-4-9(5-3-8)6-7-10-11(13-10)12-14-16-17-15-12/h2-5,11H,6-7H2,1H3,(H,14,15,16,17). The molecule has 5 heteroatoms. The third-order valence-electron chi connectivity index (χ3n) is 2.95. The van der Waals surface area contributed by atoms with E-state index >= 15 is 0 Å². The maximum atomic E-state index is 4.37. The Morgan fingerprint density at radius 2 is 2.00 bits per heavy atom. The number of hydrogen-bond donors (Lipinski definition) is 1. The van der Waals surface area contributed by atoms with Gasteiger partial charge in [0.05, 0.1) is 0 Å². The molecule has 2 aromatic rings. The molecule has 0 saturated carbocycles. The molecule has 1 aliphatic heterocycles. The van der Waals surface area contributed by atoms with Crippen LogP contribution in [0.25, 0.3) is 0 Å². The van der Waals surface area contributed by atoms with Gasteiger partial charge in [-0.1, -0.05) is 29.8 Å². The van der Waals surface area contributed by atoms with Gasteiger partial charge in [0.2, 0.25) is 0 Å². The van der Waals surface area contributed by atoms with Crippen LogP contribution in [0.15, 0.2) is 29.3 Å². The molecule has 0 saturated heterocycles. The summed E-state index contributed by atoms with van der Waals surface area (Å²) in [6, 6.07) is 8.73. The van der Waals surface area contributed by atoms with E-state index in [1.165, 1.54) is 16.8 Å². The van der Waals surface area contributed by atoms with Gasteiger partial charge in [-0.3, -0.25) is 4.99 Å². The molecule has 0 amide bonds. The van der Waals surface area contributed by atoms with Crippen molar-refractivity contribution in [3.8, 4) is 0 Å². The van der Waals surface area contributed by atoms with Crippen LogP contribution < -0.4 is 0 Å². The molecule has 1 N–H and O–H groups in total. The van der Waals surface area contributed by atoms with Crippen LogP contribution in [0.1, 0.15) is 29.4 Å². The van der Waals surface area contributed by atoms with Crippen molar-refractivity contribution in [2.24, 2.45) is 4.99 Å². The number of aromatic nitrogens is 4. The van der Waals surface area contributed by atoms with Crippen LogP contribution in [0.3, 0.4) is 0 Å². The van der Waals surface area contributed by atoms with Gasteiger partial charge >= 0.3 is 0 Å². The SMILES string of the molecule is Cc1ccc(CCC2=NC2c2nnn[nH]2)cc1. The molecule has 1 atom stereocenters. The van der Waals surface area contributed by atoms with Crippen molar-refractivity contribution < 1.29 is 0 Å². The van der Waals surface area contributed by atoms with Crippen molar-refractivity contribution in [3.05, 3.63) is 41.2 Å². The minimum Gasteiger partial charge on any atom is -0.274 e. The van der Waals surface area contributed by atoms with E-state index in [1.807, 2.05) is 0 Å². The summed E-state index contributed by atoms with van der Waals surface area (Å²) < 4.78 is 0. The highest BCUT2D eigenvalue weighted by Gasteiger charge is 2.31. The fourth-order valence-electron chi connectivity index (χ4n) is 1.86. The Kier molecular flexibility index (Phi) is 2.44. The van der Waals surface area contributed by atoms with Gasteiger partial charge in [0.25, 0.3) is 0 Å². The van der Waals surface area contributed by atoms with Gasteiger partial charge in [-0.2, -0.15) is 0 Å². The van der Waals surface area contributed by atoms with E-state index in [2.05, 4.69) is 56.8 Å². The van der Waals surface area contributed by atoms with E-state index in [1.54, 1.807) is 0 Å². The maximum Gasteiger partial charge on any atom is 0.179 e. The molecule has 0 aliphatic carbocycles. The number of aromatic amines is 1. The van der Waals surface area contributed by atoms with E-state index in [0.29, 0.717) is 0 Å². The Morgan fingerprint density at radius 3 is 2.71 bits per heavy atom. The zero-order valence-corrected chi connectivity index (χ0v) is 9.59. The molecule has 0 bridgehead atoms. The van der Waals surface area contributed by atoms with Crippen LogP contribution >= 0.6 is 0 Å². The van der Waals surface area contributed by atoms with Crippen LogP contribution in [0.2, 0.25) is 0 Å². The number of nitrogens with one attached hydrogen (secondary N) is 1. The molecule has 0 radical (unpaired) electrons. The molecule has 0 fully saturated rings. The highest BCUT2D eigenvalue weighted by molar-refractivity contribution is 6.00. The summed E-state index contributed by atoms with van der Waals surface area (Å²) in [5, 5.41) is 13.7. The number of nitrogens with zero attached hydrogens (tertiary/aromatic N) is 4. The third kappa shape index (κ3) is 2.22. The van der Waals surface area contributed by atoms with Crippen LogP contribution in [0, 0.1) is 6.92 Å². The van der Waals surface area contributed by atoms with Gasteiger partial charge in [-0.15, -0.1) is 5.10 Å². The predicted molar refractivity (Wildman–Crippen MR) is 63.9 cm³/mol. The summed E-state index contributed by atoms with van der Waals surface area (Å²) in [4.78, 5) is 4.37. The molecular formula is C12H13N5. The first-order valence-electron chi connectivity index (χ1n) is 5.68. The average molecular weight is 227 g/mol. The third-order valence-corrected chi connectivity index (χ3v) is 2.95. The van der Waals surface area contributed by atoms with Crippen molar-refractivity contribution in [2.45, 2.75) is 25.8 Å². The zero-order valence-electron chi connectivity index (χ0n) is 9.59. The first kappa shape index (κ1) is 10.1. The molecule has 86 valence electrons. The monoisotopic (exact) mass is 227 g/mol. The van der Waals surface area contributed by atoms with Gasteiger partial charge in [0.15, 0.2) is 5.82 Å². The van der Waals surface area contributed by atoms with E-state index in [-0.39, 0.29) is 6.04 Å². The van der Waals surface area contributed by atoms with Crippen molar-refractivity contribution in [1.82, 2.24) is 20.6 Å². The van der Waals surface area contributed by atoms with Gasteiger partial charge in [-0.25, -0.2) is 5.10 Å². The molecule has 3 rings (SSSR count). The second-order valence-corrected chi connectivity index (χ2v) is 4.30. The first-order valence-corrected chi connectivity index (χ1v) is 5.68. The second-order valence-electron chi connectivity index (χ2n) is 4.30. The highest BCUT2D eigenvalue weighted by Crippen LogP contribution is 2.30. The van der Waals surface area contributed by atoms with E-state index in [4.69, 9.17) is 0 Å². The van der Waals surface area contributed by atoms with Crippen LogP contribution in [-0.4, -0.2) is 26.3 Å². The molecule has 1 unspecified atom stereocenters. The number of H-pyrrole nitrogens is 1. The van der Waals surface area contributed by atoms with Crippen molar-refractivity contribution in [1.29, 1.82) is 0 Å². The Bertz CT molecular complexity index is 527. The maximum absolute atomic E-state index is 4.37. The smallest absolute Gasteiger partial charge is 0.179 e. The van der Waals surface area contributed by atoms with Crippen molar-refractivity contribution in [3.63, 3.8) is 0 Å². The van der Waals surface area contributed by atoms with Gasteiger partial charge in [0, 0.05) is 5.71 Å². The van der Waals surface area contributed by atoms with Crippen LogP contribution in [-0.2, 0) is 6.42 Å². The molecule has 1 aliphatic rings. The lowest BCUT2D eigenvalue weighted by atomic mass is 10.1. The molecule has 1 aromatic carbocycles. The number of rotatable bonds is 4. The molecule has 1 aromatic heterocycles. The van der Waals surface area contributed by atoms with E-state index in [0.717, 1.165) is 18.7 Å². The summed E-state index contributed by atoms with van der Waals surface area (Å²) >= 11 is 0. The topological polar surface area (TPSA) is 66.8 Å². The number of aliphatic imine (C=N–C) groups is 1. The van der Waals surface area contributed by atoms with Gasteiger partial charge in [0.1, 0.15) is 6.04 Å². The summed E-state index contributed by atoms with van der Waals surface area (Å²) in [6.07, 6.45) is 2.01. The summed E-state index contributed by atoms with van der Waals surface area (Å²) in [7, 11) is 0. The lowest BCUT2D eigenvalue weighted by Gasteiger charge is -1.99. The van der Waals surface area contributed by atoms with Crippen LogP contribution in [0.5, 0.6) is 0 Å². The lowest BCUT2D eigenvalue weighted by molar-refractivity contribution is 0.881. The summed E-state index contributed by atoms with van der Waals surface area (Å²) in [6.45, 7) is 2.10. The first-order chi connectivity index (χ1) is 8.33. The largest absolute Gasteiger partial charge is 0.274 e. The average Bonchev–Trinajstić information content (AvgIpc) is 2.91. The summed E-state index contributed by atoms with van der Waals surface area (Å²) in [5.74, 6) is 0.754. The normalized spacial score (nSPS) is 17.9. The van der Waals surface area contributed by atoms with Crippen LogP contribution in [0.4, 0.5) is 0 Å². The highest BCUT2D eigenvalue weighted by atomic mass is 15.5. The van der Waals surface area contributed by atoms with Gasteiger partial charge < -0.3 is 0 Å². The number of benzene rings is 1. The molecule has 17 heavy (non-hydrogen) atoms. The number of hydrogen-bond acceptors (Lipinski definition) is 4. The quantitative estimate of drug-likeness (QED) is 0.863. The summed E-state index contributed by atoms with van der Waals surface area (Å²) in [5.41, 5.74) is 3.83. The number of aryl methyl sites for hydroxylation is 2. The van der Waals surface area contributed by atoms with E-state index in [9.17, 15) is 0 Å². The molecule has 0 spiro atoms. The minimum atomic E-state index is 0.107. The molecule has 5 nitrogen and oxygen atoms in total. The molecule has 2 heterocycles. The fraction of sp³-hybridized carbons (Fsp3) is 0.333. The zero-order chi connectivity index (χ0) is 11.7. The van der Waals surface area contributed by atoms with Crippen molar-refractivity contribution in [2.75, 3.05) is 0 Å². The Labute approximate surface area is 99.0 Å². The fourth-order valence-corrected chi connectivity index (χ4v) is 1.86. The molecular weight excluding hydrogens is 214 g/mol. The Hall–Kier alpha value is -2.04. The number of tetrazole rings is 1. The lowest BCUT2D eigenvalue weighted by Crippen LogP contribution is -1.96. The second kappa shape index (κ2) is 4.08. The van der Waals surface area contributed by atoms with E-state index < -0.39 is 0 Å². The van der Waals surface area contributed by atoms with Gasteiger partial charge in [-0.05, 0) is 35.8 Å².